The van der Waals surface area contributed by atoms with Crippen molar-refractivity contribution in [1.29, 1.82) is 0 Å². The quantitative estimate of drug-likeness (QED) is 0.607. The van der Waals surface area contributed by atoms with Gasteiger partial charge in [0.05, 0.1) is 6.21 Å². The zero-order valence-corrected chi connectivity index (χ0v) is 8.11. The third kappa shape index (κ3) is 3.76. The van der Waals surface area contributed by atoms with Gasteiger partial charge in [-0.3, -0.25) is 0 Å². The van der Waals surface area contributed by atoms with Gasteiger partial charge < -0.3 is 9.94 Å². The van der Waals surface area contributed by atoms with E-state index in [2.05, 4.69) is 9.99 Å². The third-order valence-corrected chi connectivity index (χ3v) is 1.65. The molecular weight excluding hydrogens is 201 g/mol. The molecule has 5 heteroatoms. The number of carbonyl (C=O) groups is 1. The lowest BCUT2D eigenvalue weighted by Gasteiger charge is -1.97. The summed E-state index contributed by atoms with van der Waals surface area (Å²) in [5.74, 6) is -1.39. The van der Waals surface area contributed by atoms with Crippen LogP contribution in [0.4, 0.5) is 4.39 Å². The molecule has 0 fully saturated rings. The Labute approximate surface area is 86.0 Å². The number of aliphatic carboxylic acids is 1. The molecule has 0 amide bonds. The molecule has 1 aromatic rings. The summed E-state index contributed by atoms with van der Waals surface area (Å²) in [6.07, 6.45) is 1.33. The molecule has 0 saturated heterocycles. The topological polar surface area (TPSA) is 58.9 Å². The molecule has 1 N–H and O–H groups in total. The van der Waals surface area contributed by atoms with Crippen molar-refractivity contribution in [2.24, 2.45) is 5.16 Å². The van der Waals surface area contributed by atoms with Gasteiger partial charge in [0.25, 0.3) is 0 Å². The molecule has 80 valence electrons. The molecule has 0 aliphatic carbocycles. The summed E-state index contributed by atoms with van der Waals surface area (Å²) in [6, 6.07) is 4.42. The summed E-state index contributed by atoms with van der Waals surface area (Å²) >= 11 is 0. The lowest BCUT2D eigenvalue weighted by molar-refractivity contribution is -0.142. The first-order valence-corrected chi connectivity index (χ1v) is 4.23. The first-order chi connectivity index (χ1) is 7.09. The van der Waals surface area contributed by atoms with Crippen LogP contribution in [-0.4, -0.2) is 23.9 Å². The average molecular weight is 211 g/mol. The Morgan fingerprint density at radius 2 is 2.40 bits per heavy atom. The summed E-state index contributed by atoms with van der Waals surface area (Å²) in [5.41, 5.74) is 1.15. The first kappa shape index (κ1) is 11.2. The van der Waals surface area contributed by atoms with Gasteiger partial charge in [-0.25, -0.2) is 9.18 Å². The fourth-order valence-electron chi connectivity index (χ4n) is 0.939. The van der Waals surface area contributed by atoms with Crippen molar-refractivity contribution in [3.05, 3.63) is 35.1 Å². The van der Waals surface area contributed by atoms with E-state index in [-0.39, 0.29) is 5.82 Å². The zero-order valence-electron chi connectivity index (χ0n) is 8.11. The van der Waals surface area contributed by atoms with Crippen LogP contribution in [0.15, 0.2) is 23.4 Å². The number of benzene rings is 1. The number of halogens is 1. The molecule has 0 atom stereocenters. The van der Waals surface area contributed by atoms with Crippen LogP contribution in [0.2, 0.25) is 0 Å². The molecular formula is C10H10FNO3. The Kier molecular flexibility index (Phi) is 3.79. The molecule has 0 aromatic heterocycles. The fourth-order valence-corrected chi connectivity index (χ4v) is 0.939. The summed E-state index contributed by atoms with van der Waals surface area (Å²) in [6.45, 7) is 1.14. The Morgan fingerprint density at radius 3 is 3.00 bits per heavy atom. The van der Waals surface area contributed by atoms with Gasteiger partial charge in [0, 0.05) is 0 Å². The summed E-state index contributed by atoms with van der Waals surface area (Å²) in [7, 11) is 0. The van der Waals surface area contributed by atoms with Crippen LogP contribution < -0.4 is 0 Å². The van der Waals surface area contributed by atoms with Gasteiger partial charge in [0.2, 0.25) is 6.61 Å². The molecule has 1 aromatic carbocycles. The third-order valence-electron chi connectivity index (χ3n) is 1.65. The number of carboxylic acid groups (broad SMARTS) is 1. The summed E-state index contributed by atoms with van der Waals surface area (Å²) < 4.78 is 12.8. The lowest BCUT2D eigenvalue weighted by Crippen LogP contribution is -2.03. The van der Waals surface area contributed by atoms with E-state index in [9.17, 15) is 9.18 Å². The van der Waals surface area contributed by atoms with Crippen LogP contribution in [0.25, 0.3) is 0 Å². The van der Waals surface area contributed by atoms with Crippen molar-refractivity contribution < 1.29 is 19.1 Å². The van der Waals surface area contributed by atoms with Crippen molar-refractivity contribution in [1.82, 2.24) is 0 Å². The van der Waals surface area contributed by atoms with Crippen molar-refractivity contribution in [3.8, 4) is 0 Å². The van der Waals surface area contributed by atoms with Crippen molar-refractivity contribution in [2.75, 3.05) is 6.61 Å². The minimum atomic E-state index is -1.09. The minimum absolute atomic E-state index is 0.293. The highest BCUT2D eigenvalue weighted by atomic mass is 19.1. The number of nitrogens with zero attached hydrogens (tertiary/aromatic N) is 1. The van der Waals surface area contributed by atoms with Crippen molar-refractivity contribution >= 4 is 12.2 Å². The Bertz CT molecular complexity index is 390. The predicted octanol–water partition coefficient (Wildman–Crippen LogP) is 1.57. The minimum Gasteiger partial charge on any atom is -0.479 e. The number of aryl methyl sites for hydroxylation is 1. The second-order valence-corrected chi connectivity index (χ2v) is 2.91. The van der Waals surface area contributed by atoms with Gasteiger partial charge in [-0.2, -0.15) is 0 Å². The summed E-state index contributed by atoms with van der Waals surface area (Å²) in [5, 5.41) is 11.7. The van der Waals surface area contributed by atoms with E-state index < -0.39 is 12.6 Å². The monoisotopic (exact) mass is 211 g/mol. The van der Waals surface area contributed by atoms with Gasteiger partial charge in [-0.15, -0.1) is 0 Å². The first-order valence-electron chi connectivity index (χ1n) is 4.23. The standard InChI is InChI=1S/C10H10FNO3/c1-7-4-8(2-3-9(7)11)5-12-15-6-10(13)14/h2-5H,6H2,1H3,(H,13,14). The highest BCUT2D eigenvalue weighted by Crippen LogP contribution is 2.07. The van der Waals surface area contributed by atoms with E-state index in [0.29, 0.717) is 11.1 Å². The van der Waals surface area contributed by atoms with Gasteiger partial charge >= 0.3 is 5.97 Å². The van der Waals surface area contributed by atoms with Gasteiger partial charge in [-0.05, 0) is 30.2 Å². The highest BCUT2D eigenvalue weighted by Gasteiger charge is 1.97. The largest absolute Gasteiger partial charge is 0.479 e. The van der Waals surface area contributed by atoms with E-state index in [1.807, 2.05) is 0 Å². The van der Waals surface area contributed by atoms with Crippen LogP contribution in [0.5, 0.6) is 0 Å². The van der Waals surface area contributed by atoms with Crippen molar-refractivity contribution in [3.63, 3.8) is 0 Å². The number of rotatable bonds is 4. The molecule has 0 bridgehead atoms. The van der Waals surface area contributed by atoms with E-state index in [4.69, 9.17) is 5.11 Å². The van der Waals surface area contributed by atoms with E-state index in [0.717, 1.165) is 0 Å². The molecule has 1 rings (SSSR count). The maximum Gasteiger partial charge on any atom is 0.344 e. The number of carboxylic acids is 1. The molecule has 15 heavy (non-hydrogen) atoms. The van der Waals surface area contributed by atoms with Gasteiger partial charge in [0.1, 0.15) is 5.82 Å². The molecule has 0 aliphatic rings. The normalized spacial score (nSPS) is 10.5. The fraction of sp³-hybridized carbons (Fsp3) is 0.200. The van der Waals surface area contributed by atoms with Crippen LogP contribution in [0.3, 0.4) is 0 Å². The molecule has 0 aliphatic heterocycles. The second-order valence-electron chi connectivity index (χ2n) is 2.91. The van der Waals surface area contributed by atoms with Gasteiger partial charge in [-0.1, -0.05) is 11.2 Å². The van der Waals surface area contributed by atoms with Crippen LogP contribution >= 0.6 is 0 Å². The number of oxime groups is 1. The molecule has 0 saturated carbocycles. The molecule has 0 spiro atoms. The van der Waals surface area contributed by atoms with Crippen LogP contribution in [0, 0.1) is 12.7 Å². The maximum atomic E-state index is 12.8. The Morgan fingerprint density at radius 1 is 1.67 bits per heavy atom. The van der Waals surface area contributed by atoms with Gasteiger partial charge in [0.15, 0.2) is 0 Å². The maximum absolute atomic E-state index is 12.8. The van der Waals surface area contributed by atoms with Crippen LogP contribution in [-0.2, 0) is 9.63 Å². The molecule has 0 radical (unpaired) electrons. The SMILES string of the molecule is Cc1cc(C=NOCC(=O)O)ccc1F. The van der Waals surface area contributed by atoms with E-state index in [1.54, 1.807) is 13.0 Å². The lowest BCUT2D eigenvalue weighted by atomic mass is 10.1. The Hall–Kier alpha value is -1.91. The predicted molar refractivity (Wildman–Crippen MR) is 52.3 cm³/mol. The number of hydrogen-bond donors (Lipinski definition) is 1. The molecule has 0 unspecified atom stereocenters. The van der Waals surface area contributed by atoms with Crippen molar-refractivity contribution in [2.45, 2.75) is 6.92 Å². The van der Waals surface area contributed by atoms with E-state index in [1.165, 1.54) is 18.3 Å². The van der Waals surface area contributed by atoms with E-state index >= 15 is 0 Å². The molecule has 0 heterocycles. The highest BCUT2D eigenvalue weighted by molar-refractivity contribution is 5.79. The second kappa shape index (κ2) is 5.09. The van der Waals surface area contributed by atoms with Crippen LogP contribution in [0.1, 0.15) is 11.1 Å². The Balaban J connectivity index is 2.57. The average Bonchev–Trinajstić information content (AvgIpc) is 2.18. The zero-order chi connectivity index (χ0) is 11.3. The summed E-state index contributed by atoms with van der Waals surface area (Å²) in [4.78, 5) is 14.5. The smallest absolute Gasteiger partial charge is 0.344 e. The molecule has 4 nitrogen and oxygen atoms in total. The number of hydrogen-bond acceptors (Lipinski definition) is 3.